The molecule has 0 spiro atoms. The molecule has 3 nitrogen and oxygen atoms in total. The Morgan fingerprint density at radius 3 is 2.00 bits per heavy atom. The summed E-state index contributed by atoms with van der Waals surface area (Å²) >= 11 is 0. The lowest BCUT2D eigenvalue weighted by molar-refractivity contribution is 0.493. The van der Waals surface area contributed by atoms with Gasteiger partial charge in [-0.3, -0.25) is 4.57 Å². The maximum Gasteiger partial charge on any atom is 0.338 e. The predicted octanol–water partition coefficient (Wildman–Crippen LogP) is 6.05. The van der Waals surface area contributed by atoms with E-state index in [1.165, 1.54) is 11.1 Å². The summed E-state index contributed by atoms with van der Waals surface area (Å²) in [6.45, 7) is 12.0. The van der Waals surface area contributed by atoms with Gasteiger partial charge in [-0.15, -0.1) is 0 Å². The SMILES string of the molecule is Cc1cc(C)c(N[P@](C)(=O)Oc2ccc(C(C)C)cc2)c(C)c1. The first-order chi connectivity index (χ1) is 10.7. The Balaban J connectivity index is 2.18. The van der Waals surface area contributed by atoms with Crippen LogP contribution in [0.4, 0.5) is 5.69 Å². The number of hydrogen-bond donors (Lipinski definition) is 1. The minimum absolute atomic E-state index is 0.466. The van der Waals surface area contributed by atoms with Crippen LogP contribution in [0.15, 0.2) is 36.4 Å². The Labute approximate surface area is 139 Å². The van der Waals surface area contributed by atoms with Crippen LogP contribution < -0.4 is 9.61 Å². The highest BCUT2D eigenvalue weighted by molar-refractivity contribution is 7.60. The number of anilines is 1. The van der Waals surface area contributed by atoms with Gasteiger partial charge in [0.1, 0.15) is 5.75 Å². The molecule has 2 aromatic rings. The molecule has 0 aliphatic heterocycles. The van der Waals surface area contributed by atoms with E-state index in [0.29, 0.717) is 11.7 Å². The van der Waals surface area contributed by atoms with Crippen LogP contribution in [0.3, 0.4) is 0 Å². The van der Waals surface area contributed by atoms with Crippen molar-refractivity contribution >= 4 is 13.2 Å². The maximum atomic E-state index is 12.8. The van der Waals surface area contributed by atoms with Crippen LogP contribution in [0.25, 0.3) is 0 Å². The largest absolute Gasteiger partial charge is 0.429 e. The van der Waals surface area contributed by atoms with Crippen LogP contribution in [0.1, 0.15) is 42.0 Å². The zero-order chi connectivity index (χ0) is 17.2. The van der Waals surface area contributed by atoms with Crippen molar-refractivity contribution in [3.05, 3.63) is 58.7 Å². The van der Waals surface area contributed by atoms with Crippen molar-refractivity contribution in [1.29, 1.82) is 0 Å². The van der Waals surface area contributed by atoms with E-state index in [9.17, 15) is 4.57 Å². The first-order valence-corrected chi connectivity index (χ1v) is 9.98. The highest BCUT2D eigenvalue weighted by Gasteiger charge is 2.19. The van der Waals surface area contributed by atoms with Crippen LogP contribution in [0, 0.1) is 20.8 Å². The summed E-state index contributed by atoms with van der Waals surface area (Å²) in [6, 6.07) is 11.9. The molecule has 0 aliphatic carbocycles. The highest BCUT2D eigenvalue weighted by atomic mass is 31.2. The van der Waals surface area contributed by atoms with Crippen molar-refractivity contribution in [2.24, 2.45) is 0 Å². The van der Waals surface area contributed by atoms with Gasteiger partial charge in [0.15, 0.2) is 0 Å². The normalized spacial score (nSPS) is 13.7. The van der Waals surface area contributed by atoms with Crippen molar-refractivity contribution in [2.45, 2.75) is 40.5 Å². The van der Waals surface area contributed by atoms with Crippen molar-refractivity contribution in [3.63, 3.8) is 0 Å². The quantitative estimate of drug-likeness (QED) is 0.678. The number of nitrogens with one attached hydrogen (secondary N) is 1. The van der Waals surface area contributed by atoms with E-state index in [1.54, 1.807) is 6.66 Å². The molecule has 0 aromatic heterocycles. The summed E-state index contributed by atoms with van der Waals surface area (Å²) in [7, 11) is -2.99. The molecule has 1 N–H and O–H groups in total. The molecule has 0 radical (unpaired) electrons. The minimum Gasteiger partial charge on any atom is -0.429 e. The smallest absolute Gasteiger partial charge is 0.338 e. The van der Waals surface area contributed by atoms with Crippen molar-refractivity contribution in [1.82, 2.24) is 0 Å². The van der Waals surface area contributed by atoms with E-state index < -0.39 is 7.52 Å². The first kappa shape index (κ1) is 17.6. The van der Waals surface area contributed by atoms with E-state index in [2.05, 4.69) is 38.0 Å². The Morgan fingerprint density at radius 2 is 1.52 bits per heavy atom. The fourth-order valence-electron chi connectivity index (χ4n) is 2.70. The lowest BCUT2D eigenvalue weighted by Crippen LogP contribution is -2.05. The molecule has 124 valence electrons. The van der Waals surface area contributed by atoms with Gasteiger partial charge in [0, 0.05) is 12.4 Å². The summed E-state index contributed by atoms with van der Waals surface area (Å²) in [5, 5.41) is 3.10. The van der Waals surface area contributed by atoms with E-state index in [1.807, 2.05) is 38.1 Å². The summed E-state index contributed by atoms with van der Waals surface area (Å²) in [5.41, 5.74) is 5.47. The summed E-state index contributed by atoms with van der Waals surface area (Å²) < 4.78 is 18.6. The molecule has 0 amide bonds. The van der Waals surface area contributed by atoms with E-state index in [0.717, 1.165) is 16.8 Å². The monoisotopic (exact) mass is 331 g/mol. The van der Waals surface area contributed by atoms with E-state index in [-0.39, 0.29) is 0 Å². The third kappa shape index (κ3) is 4.62. The average Bonchev–Trinajstić information content (AvgIpc) is 2.43. The lowest BCUT2D eigenvalue weighted by atomic mass is 10.0. The van der Waals surface area contributed by atoms with Crippen LogP contribution in [-0.4, -0.2) is 6.66 Å². The second-order valence-electron chi connectivity index (χ2n) is 6.55. The standard InChI is InChI=1S/C19H26NO2P/c1-13(2)17-7-9-18(10-8-17)22-23(6,21)20-19-15(4)11-14(3)12-16(19)5/h7-13H,1-6H3,(H,20,21)/t23-/m1/s1. The Kier molecular flexibility index (Phi) is 5.21. The zero-order valence-corrected chi connectivity index (χ0v) is 15.7. The van der Waals surface area contributed by atoms with Gasteiger partial charge in [-0.1, -0.05) is 43.7 Å². The Hall–Kier alpha value is -1.73. The third-order valence-electron chi connectivity index (χ3n) is 3.82. The van der Waals surface area contributed by atoms with Gasteiger partial charge in [0.25, 0.3) is 0 Å². The van der Waals surface area contributed by atoms with Gasteiger partial charge in [0.05, 0.1) is 0 Å². The van der Waals surface area contributed by atoms with Crippen LogP contribution >= 0.6 is 7.52 Å². The van der Waals surface area contributed by atoms with Gasteiger partial charge in [-0.2, -0.15) is 0 Å². The second-order valence-corrected chi connectivity index (χ2v) is 8.64. The van der Waals surface area contributed by atoms with Crippen LogP contribution in [0.5, 0.6) is 5.75 Å². The maximum absolute atomic E-state index is 12.8. The van der Waals surface area contributed by atoms with Crippen molar-refractivity contribution in [3.8, 4) is 5.75 Å². The minimum atomic E-state index is -2.99. The van der Waals surface area contributed by atoms with Crippen molar-refractivity contribution in [2.75, 3.05) is 11.8 Å². The summed E-state index contributed by atoms with van der Waals surface area (Å²) in [5.74, 6) is 1.09. The third-order valence-corrected chi connectivity index (χ3v) is 5.01. The first-order valence-electron chi connectivity index (χ1n) is 7.91. The molecule has 0 unspecified atom stereocenters. The highest BCUT2D eigenvalue weighted by Crippen LogP contribution is 2.45. The number of rotatable bonds is 5. The molecule has 0 heterocycles. The summed E-state index contributed by atoms with van der Waals surface area (Å²) in [4.78, 5) is 0. The molecular weight excluding hydrogens is 305 g/mol. The molecule has 1 atom stereocenters. The van der Waals surface area contributed by atoms with E-state index >= 15 is 0 Å². The molecule has 0 bridgehead atoms. The fraction of sp³-hybridized carbons (Fsp3) is 0.368. The zero-order valence-electron chi connectivity index (χ0n) is 14.8. The predicted molar refractivity (Wildman–Crippen MR) is 99.0 cm³/mol. The molecule has 0 saturated carbocycles. The molecule has 2 aromatic carbocycles. The molecule has 0 fully saturated rings. The molecule has 4 heteroatoms. The molecule has 2 rings (SSSR count). The molecule has 23 heavy (non-hydrogen) atoms. The number of aryl methyl sites for hydroxylation is 3. The average molecular weight is 331 g/mol. The summed E-state index contributed by atoms with van der Waals surface area (Å²) in [6.07, 6.45) is 0. The van der Waals surface area contributed by atoms with Crippen LogP contribution in [-0.2, 0) is 4.57 Å². The number of benzene rings is 2. The Morgan fingerprint density at radius 1 is 1.00 bits per heavy atom. The van der Waals surface area contributed by atoms with E-state index in [4.69, 9.17) is 4.52 Å². The molecular formula is C19H26NO2P. The van der Waals surface area contributed by atoms with Gasteiger partial charge >= 0.3 is 7.52 Å². The molecule has 0 saturated heterocycles. The molecule has 0 aliphatic rings. The van der Waals surface area contributed by atoms with Gasteiger partial charge in [-0.25, -0.2) is 0 Å². The van der Waals surface area contributed by atoms with Crippen LogP contribution in [0.2, 0.25) is 0 Å². The van der Waals surface area contributed by atoms with Gasteiger partial charge < -0.3 is 9.61 Å². The van der Waals surface area contributed by atoms with Gasteiger partial charge in [0.2, 0.25) is 0 Å². The van der Waals surface area contributed by atoms with Gasteiger partial charge in [-0.05, 0) is 55.5 Å². The second kappa shape index (κ2) is 6.80. The fourth-order valence-corrected chi connectivity index (χ4v) is 4.03. The number of hydrogen-bond acceptors (Lipinski definition) is 2. The topological polar surface area (TPSA) is 38.3 Å². The Bertz CT molecular complexity index is 713. The lowest BCUT2D eigenvalue weighted by Gasteiger charge is -2.21. The van der Waals surface area contributed by atoms with Crippen molar-refractivity contribution < 1.29 is 9.09 Å².